The lowest BCUT2D eigenvalue weighted by Crippen LogP contribution is -2.37. The fourth-order valence-electron chi connectivity index (χ4n) is 1.63. The van der Waals surface area contributed by atoms with Crippen molar-refractivity contribution in [2.45, 2.75) is 25.8 Å². The van der Waals surface area contributed by atoms with Crippen LogP contribution in [0.5, 0.6) is 0 Å². The number of rotatable bonds is 5. The van der Waals surface area contributed by atoms with Gasteiger partial charge in [-0.25, -0.2) is 0 Å². The van der Waals surface area contributed by atoms with Crippen LogP contribution in [-0.4, -0.2) is 36.1 Å². The van der Waals surface area contributed by atoms with Crippen LogP contribution in [0.15, 0.2) is 24.3 Å². The molecule has 0 saturated carbocycles. The fourth-order valence-corrected chi connectivity index (χ4v) is 1.63. The molecule has 0 spiro atoms. The molecule has 1 aromatic rings. The van der Waals surface area contributed by atoms with Crippen LogP contribution < -0.4 is 0 Å². The second kappa shape index (κ2) is 5.66. The Bertz CT molecular complexity index is 343. The number of aryl methyl sites for hydroxylation is 1. The third-order valence-electron chi connectivity index (χ3n) is 2.77. The van der Waals surface area contributed by atoms with E-state index in [-0.39, 0.29) is 0 Å². The van der Waals surface area contributed by atoms with Gasteiger partial charge in [-0.3, -0.25) is 9.69 Å². The van der Waals surface area contributed by atoms with Gasteiger partial charge in [0, 0.05) is 0 Å². The van der Waals surface area contributed by atoms with Gasteiger partial charge in [-0.2, -0.15) is 0 Å². The predicted molar refractivity (Wildman–Crippen MR) is 64.6 cm³/mol. The molecule has 1 atom stereocenters. The fraction of sp³-hybridized carbons (Fsp3) is 0.462. The van der Waals surface area contributed by atoms with E-state index in [0.717, 1.165) is 12.0 Å². The van der Waals surface area contributed by atoms with Crippen LogP contribution in [0.3, 0.4) is 0 Å². The number of nitrogens with zero attached hydrogens (tertiary/aromatic N) is 1. The van der Waals surface area contributed by atoms with E-state index in [2.05, 4.69) is 19.1 Å². The average Bonchev–Trinajstić information content (AvgIpc) is 2.25. The zero-order valence-corrected chi connectivity index (χ0v) is 10.1. The molecule has 0 fully saturated rings. The summed E-state index contributed by atoms with van der Waals surface area (Å²) in [6.45, 7) is 2.11. The van der Waals surface area contributed by atoms with Gasteiger partial charge in [0.25, 0.3) is 0 Å². The average molecular weight is 221 g/mol. The summed E-state index contributed by atoms with van der Waals surface area (Å²) in [5, 5.41) is 9.06. The highest BCUT2D eigenvalue weighted by Crippen LogP contribution is 2.09. The molecule has 0 heterocycles. The number of carboxylic acids is 1. The maximum Gasteiger partial charge on any atom is 0.321 e. The molecule has 0 aliphatic carbocycles. The number of hydrogen-bond donors (Lipinski definition) is 1. The topological polar surface area (TPSA) is 40.5 Å². The molecule has 0 aliphatic heterocycles. The molecule has 1 N–H and O–H groups in total. The first-order valence-electron chi connectivity index (χ1n) is 5.51. The summed E-state index contributed by atoms with van der Waals surface area (Å²) in [7, 11) is 3.58. The zero-order chi connectivity index (χ0) is 12.1. The largest absolute Gasteiger partial charge is 0.480 e. The second-order valence-electron chi connectivity index (χ2n) is 4.19. The van der Waals surface area contributed by atoms with Crippen molar-refractivity contribution in [1.29, 1.82) is 0 Å². The van der Waals surface area contributed by atoms with Crippen molar-refractivity contribution in [3.63, 3.8) is 0 Å². The maximum absolute atomic E-state index is 11.0. The summed E-state index contributed by atoms with van der Waals surface area (Å²) in [6, 6.07) is 7.69. The summed E-state index contributed by atoms with van der Waals surface area (Å²) in [5.41, 5.74) is 2.35. The third kappa shape index (κ3) is 3.35. The van der Waals surface area contributed by atoms with Crippen LogP contribution in [0.25, 0.3) is 0 Å². The van der Waals surface area contributed by atoms with Gasteiger partial charge in [0.15, 0.2) is 0 Å². The summed E-state index contributed by atoms with van der Waals surface area (Å²) in [6.07, 6.45) is 1.56. The van der Waals surface area contributed by atoms with Crippen LogP contribution in [0.4, 0.5) is 0 Å². The first kappa shape index (κ1) is 12.7. The third-order valence-corrected chi connectivity index (χ3v) is 2.77. The molecule has 1 rings (SSSR count). The van der Waals surface area contributed by atoms with Gasteiger partial charge in [0.1, 0.15) is 6.04 Å². The van der Waals surface area contributed by atoms with Crippen LogP contribution in [0.2, 0.25) is 0 Å². The zero-order valence-electron chi connectivity index (χ0n) is 10.1. The van der Waals surface area contributed by atoms with Crippen molar-refractivity contribution in [3.05, 3.63) is 35.4 Å². The molecule has 0 radical (unpaired) electrons. The minimum Gasteiger partial charge on any atom is -0.480 e. The predicted octanol–water partition coefficient (Wildman–Crippen LogP) is 1.81. The number of likely N-dealkylation sites (N-methyl/N-ethyl adjacent to an activating group) is 1. The lowest BCUT2D eigenvalue weighted by molar-refractivity contribution is -0.142. The van der Waals surface area contributed by atoms with Gasteiger partial charge >= 0.3 is 5.97 Å². The molecule has 0 aromatic heterocycles. The van der Waals surface area contributed by atoms with Crippen LogP contribution in [0, 0.1) is 0 Å². The molecule has 3 nitrogen and oxygen atoms in total. The van der Waals surface area contributed by atoms with E-state index in [9.17, 15) is 4.79 Å². The Morgan fingerprint density at radius 1 is 1.25 bits per heavy atom. The quantitative estimate of drug-likeness (QED) is 0.824. The molecular formula is C13H19NO2. The molecule has 1 aromatic carbocycles. The Balaban J connectivity index is 2.74. The second-order valence-corrected chi connectivity index (χ2v) is 4.19. The van der Waals surface area contributed by atoms with Crippen molar-refractivity contribution in [2.24, 2.45) is 0 Å². The lowest BCUT2D eigenvalue weighted by atomic mass is 10.0. The first-order valence-corrected chi connectivity index (χ1v) is 5.51. The molecule has 1 unspecified atom stereocenters. The first-order chi connectivity index (χ1) is 7.54. The van der Waals surface area contributed by atoms with Crippen molar-refractivity contribution < 1.29 is 9.90 Å². The van der Waals surface area contributed by atoms with Crippen LogP contribution in [0.1, 0.15) is 18.1 Å². The van der Waals surface area contributed by atoms with Gasteiger partial charge in [0.05, 0.1) is 0 Å². The summed E-state index contributed by atoms with van der Waals surface area (Å²) in [5.74, 6) is -0.774. The number of benzene rings is 1. The molecule has 3 heteroatoms. The van der Waals surface area contributed by atoms with E-state index < -0.39 is 12.0 Å². The monoisotopic (exact) mass is 221 g/mol. The molecule has 88 valence electrons. The summed E-state index contributed by atoms with van der Waals surface area (Å²) < 4.78 is 0. The van der Waals surface area contributed by atoms with E-state index >= 15 is 0 Å². The highest BCUT2D eigenvalue weighted by atomic mass is 16.4. The SMILES string of the molecule is CCc1ccc(CC(C(=O)O)N(C)C)cc1. The standard InChI is InChI=1S/C13H19NO2/c1-4-10-5-7-11(8-6-10)9-12(13(15)16)14(2)3/h5-8,12H,4,9H2,1-3H3,(H,15,16). The van der Waals surface area contributed by atoms with Crippen LogP contribution in [-0.2, 0) is 17.6 Å². The smallest absolute Gasteiger partial charge is 0.321 e. The highest BCUT2D eigenvalue weighted by molar-refractivity contribution is 5.73. The Hall–Kier alpha value is -1.35. The van der Waals surface area contributed by atoms with Gasteiger partial charge in [-0.05, 0) is 38.1 Å². The number of hydrogen-bond acceptors (Lipinski definition) is 2. The molecule has 0 aliphatic rings. The van der Waals surface area contributed by atoms with Gasteiger partial charge in [-0.1, -0.05) is 31.2 Å². The summed E-state index contributed by atoms with van der Waals surface area (Å²) >= 11 is 0. The molecule has 0 amide bonds. The number of carboxylic acid groups (broad SMARTS) is 1. The Morgan fingerprint density at radius 3 is 2.12 bits per heavy atom. The lowest BCUT2D eigenvalue weighted by Gasteiger charge is -2.19. The van der Waals surface area contributed by atoms with Crippen molar-refractivity contribution in [2.75, 3.05) is 14.1 Å². The van der Waals surface area contributed by atoms with Crippen molar-refractivity contribution in [3.8, 4) is 0 Å². The van der Waals surface area contributed by atoms with Crippen molar-refractivity contribution >= 4 is 5.97 Å². The Labute approximate surface area is 96.7 Å². The van der Waals surface area contributed by atoms with Gasteiger partial charge in [0.2, 0.25) is 0 Å². The molecule has 0 bridgehead atoms. The molecule has 16 heavy (non-hydrogen) atoms. The van der Waals surface area contributed by atoms with E-state index in [1.807, 2.05) is 12.1 Å². The maximum atomic E-state index is 11.0. The van der Waals surface area contributed by atoms with E-state index in [0.29, 0.717) is 6.42 Å². The van der Waals surface area contributed by atoms with Gasteiger partial charge in [-0.15, -0.1) is 0 Å². The van der Waals surface area contributed by atoms with Crippen LogP contribution >= 0.6 is 0 Å². The van der Waals surface area contributed by atoms with E-state index in [1.165, 1.54) is 5.56 Å². The summed E-state index contributed by atoms with van der Waals surface area (Å²) in [4.78, 5) is 12.8. The minimum atomic E-state index is -0.774. The number of aliphatic carboxylic acids is 1. The Kier molecular flexibility index (Phi) is 4.50. The van der Waals surface area contributed by atoms with Gasteiger partial charge < -0.3 is 5.11 Å². The highest BCUT2D eigenvalue weighted by Gasteiger charge is 2.19. The van der Waals surface area contributed by atoms with E-state index in [1.54, 1.807) is 19.0 Å². The minimum absolute atomic E-state index is 0.451. The van der Waals surface area contributed by atoms with E-state index in [4.69, 9.17) is 5.11 Å². The Morgan fingerprint density at radius 2 is 1.75 bits per heavy atom. The van der Waals surface area contributed by atoms with Crippen molar-refractivity contribution in [1.82, 2.24) is 4.90 Å². The molecule has 0 saturated heterocycles. The normalized spacial score (nSPS) is 12.8. The number of carbonyl (C=O) groups is 1. The molecular weight excluding hydrogens is 202 g/mol.